The third-order valence-electron chi connectivity index (χ3n) is 4.00. The van der Waals surface area contributed by atoms with Gasteiger partial charge in [0, 0.05) is 19.1 Å². The second kappa shape index (κ2) is 7.38. The number of esters is 1. The van der Waals surface area contributed by atoms with Gasteiger partial charge >= 0.3 is 5.97 Å². The number of methoxy groups -OCH3 is 1. The molecule has 0 spiro atoms. The van der Waals surface area contributed by atoms with Crippen LogP contribution in [0.5, 0.6) is 0 Å². The monoisotopic (exact) mass is 306 g/mol. The normalized spacial score (nSPS) is 23.5. The van der Waals surface area contributed by atoms with Crippen LogP contribution in [0.3, 0.4) is 0 Å². The predicted molar refractivity (Wildman–Crippen MR) is 77.8 cm³/mol. The van der Waals surface area contributed by atoms with Crippen LogP contribution in [-0.2, 0) is 19.6 Å². The van der Waals surface area contributed by atoms with Gasteiger partial charge in [0.15, 0.2) is 0 Å². The Hall–Kier alpha value is -0.660. The van der Waals surface area contributed by atoms with Crippen molar-refractivity contribution in [1.82, 2.24) is 9.62 Å². The van der Waals surface area contributed by atoms with Crippen LogP contribution in [0.4, 0.5) is 0 Å². The van der Waals surface area contributed by atoms with E-state index in [9.17, 15) is 13.2 Å². The first-order chi connectivity index (χ1) is 9.29. The van der Waals surface area contributed by atoms with E-state index in [4.69, 9.17) is 4.74 Å². The first-order valence-corrected chi connectivity index (χ1v) is 8.60. The number of sulfonamides is 1. The second-order valence-electron chi connectivity index (χ2n) is 5.61. The van der Waals surface area contributed by atoms with Crippen molar-refractivity contribution in [3.63, 3.8) is 0 Å². The number of hydrogen-bond donors (Lipinski definition) is 1. The molecule has 1 saturated carbocycles. The molecule has 1 aliphatic rings. The van der Waals surface area contributed by atoms with Crippen molar-refractivity contribution in [2.24, 2.45) is 5.92 Å². The number of nitrogens with one attached hydrogen (secondary N) is 1. The zero-order valence-corrected chi connectivity index (χ0v) is 13.6. The molecule has 0 aromatic carbocycles. The van der Waals surface area contributed by atoms with E-state index in [0.717, 1.165) is 6.42 Å². The van der Waals surface area contributed by atoms with Gasteiger partial charge in [0.05, 0.1) is 18.3 Å². The molecule has 118 valence electrons. The first-order valence-electron chi connectivity index (χ1n) is 7.06. The molecule has 2 atom stereocenters. The van der Waals surface area contributed by atoms with Crippen LogP contribution in [0.2, 0.25) is 0 Å². The summed E-state index contributed by atoms with van der Waals surface area (Å²) >= 11 is 0. The molecule has 0 aliphatic heterocycles. The lowest BCUT2D eigenvalue weighted by atomic mass is 10.1. The van der Waals surface area contributed by atoms with Gasteiger partial charge in [0.1, 0.15) is 0 Å². The summed E-state index contributed by atoms with van der Waals surface area (Å²) in [5, 5.41) is -0.653. The van der Waals surface area contributed by atoms with Gasteiger partial charge in [0.25, 0.3) is 0 Å². The summed E-state index contributed by atoms with van der Waals surface area (Å²) in [6.07, 6.45) is 1.86. The van der Waals surface area contributed by atoms with Crippen molar-refractivity contribution in [2.75, 3.05) is 27.2 Å². The van der Waals surface area contributed by atoms with Crippen LogP contribution in [-0.4, -0.2) is 57.8 Å². The van der Waals surface area contributed by atoms with Crippen molar-refractivity contribution in [2.45, 2.75) is 44.4 Å². The molecular formula is C13H26N2O4S. The topological polar surface area (TPSA) is 75.7 Å². The van der Waals surface area contributed by atoms with E-state index in [1.807, 2.05) is 7.05 Å². The van der Waals surface area contributed by atoms with Gasteiger partial charge in [-0.2, -0.15) is 0 Å². The highest BCUT2D eigenvalue weighted by Crippen LogP contribution is 2.31. The quantitative estimate of drug-likeness (QED) is 0.697. The molecule has 0 aromatic rings. The Morgan fingerprint density at radius 3 is 2.60 bits per heavy atom. The lowest BCUT2D eigenvalue weighted by molar-refractivity contribution is -0.145. The van der Waals surface area contributed by atoms with Gasteiger partial charge in [-0.25, -0.2) is 13.1 Å². The van der Waals surface area contributed by atoms with Crippen LogP contribution in [0, 0.1) is 5.92 Å². The molecule has 0 amide bonds. The van der Waals surface area contributed by atoms with Gasteiger partial charge < -0.3 is 9.64 Å². The third-order valence-corrected chi connectivity index (χ3v) is 5.97. The van der Waals surface area contributed by atoms with E-state index in [1.165, 1.54) is 7.11 Å². The molecule has 6 nitrogen and oxygen atoms in total. The smallest absolute Gasteiger partial charge is 0.310 e. The maximum absolute atomic E-state index is 12.3. The lowest BCUT2D eigenvalue weighted by Crippen LogP contribution is -2.42. The molecule has 1 aliphatic carbocycles. The fourth-order valence-corrected chi connectivity index (χ4v) is 4.19. The lowest BCUT2D eigenvalue weighted by Gasteiger charge is -2.22. The van der Waals surface area contributed by atoms with Gasteiger partial charge in [-0.15, -0.1) is 0 Å². The molecule has 0 radical (unpaired) electrons. The van der Waals surface area contributed by atoms with Gasteiger partial charge in [-0.05, 0) is 33.7 Å². The number of carbonyl (C=O) groups is 1. The van der Waals surface area contributed by atoms with Crippen molar-refractivity contribution in [1.29, 1.82) is 0 Å². The van der Waals surface area contributed by atoms with Gasteiger partial charge in [-0.3, -0.25) is 4.79 Å². The minimum Gasteiger partial charge on any atom is -0.469 e. The van der Waals surface area contributed by atoms with Crippen molar-refractivity contribution in [3.05, 3.63) is 0 Å². The minimum absolute atomic E-state index is 0.363. The van der Waals surface area contributed by atoms with Crippen LogP contribution in [0.15, 0.2) is 0 Å². The summed E-state index contributed by atoms with van der Waals surface area (Å²) in [7, 11) is -0.212. The Kier molecular flexibility index (Phi) is 6.42. The zero-order valence-electron chi connectivity index (χ0n) is 12.8. The van der Waals surface area contributed by atoms with Crippen molar-refractivity contribution >= 4 is 16.0 Å². The fraction of sp³-hybridized carbons (Fsp3) is 0.923. The standard InChI is InChI=1S/C13H26N2O4S/c1-10(2)15(3)9-8-14-20(17,18)12-7-5-6-11(12)13(16)19-4/h10-12,14H,5-9H2,1-4H3. The van der Waals surface area contributed by atoms with Gasteiger partial charge in [0.2, 0.25) is 10.0 Å². The SMILES string of the molecule is COC(=O)C1CCCC1S(=O)(=O)NCCN(C)C(C)C. The van der Waals surface area contributed by atoms with Crippen LogP contribution in [0.1, 0.15) is 33.1 Å². The summed E-state index contributed by atoms with van der Waals surface area (Å²) in [5.41, 5.74) is 0. The molecule has 0 heterocycles. The Balaban J connectivity index is 2.57. The van der Waals surface area contributed by atoms with Gasteiger partial charge in [-0.1, -0.05) is 6.42 Å². The van der Waals surface area contributed by atoms with Crippen LogP contribution < -0.4 is 4.72 Å². The summed E-state index contributed by atoms with van der Waals surface area (Å²) in [6.45, 7) is 5.12. The second-order valence-corrected chi connectivity index (χ2v) is 7.60. The number of likely N-dealkylation sites (N-methyl/N-ethyl adjacent to an activating group) is 1. The number of rotatable bonds is 7. The Morgan fingerprint density at radius 2 is 2.05 bits per heavy atom. The van der Waals surface area contributed by atoms with Crippen molar-refractivity contribution < 1.29 is 17.9 Å². The highest BCUT2D eigenvalue weighted by Gasteiger charge is 2.41. The molecule has 0 saturated heterocycles. The van der Waals surface area contributed by atoms with Crippen molar-refractivity contribution in [3.8, 4) is 0 Å². The zero-order chi connectivity index (χ0) is 15.3. The first kappa shape index (κ1) is 17.4. The van der Waals surface area contributed by atoms with E-state index in [-0.39, 0.29) is 0 Å². The van der Waals surface area contributed by atoms with Crippen LogP contribution in [0.25, 0.3) is 0 Å². The summed E-state index contributed by atoms with van der Waals surface area (Å²) in [5.74, 6) is -0.947. The molecular weight excluding hydrogens is 280 g/mol. The predicted octanol–water partition coefficient (Wildman–Crippen LogP) is 0.588. The number of ether oxygens (including phenoxy) is 1. The molecule has 1 rings (SSSR count). The maximum atomic E-state index is 12.3. The number of carbonyl (C=O) groups excluding carboxylic acids is 1. The number of nitrogens with zero attached hydrogens (tertiary/aromatic N) is 1. The van der Waals surface area contributed by atoms with E-state index >= 15 is 0 Å². The maximum Gasteiger partial charge on any atom is 0.310 e. The minimum atomic E-state index is -3.46. The van der Waals surface area contributed by atoms with E-state index in [1.54, 1.807) is 0 Å². The summed E-state index contributed by atoms with van der Waals surface area (Å²) < 4.78 is 31.9. The number of hydrogen-bond acceptors (Lipinski definition) is 5. The summed E-state index contributed by atoms with van der Waals surface area (Å²) in [6, 6.07) is 0.369. The van der Waals surface area contributed by atoms with Crippen LogP contribution >= 0.6 is 0 Å². The summed E-state index contributed by atoms with van der Waals surface area (Å²) in [4.78, 5) is 13.7. The molecule has 7 heteroatoms. The van der Waals surface area contributed by atoms with E-state index in [0.29, 0.717) is 32.0 Å². The molecule has 20 heavy (non-hydrogen) atoms. The molecule has 0 aromatic heterocycles. The molecule has 1 N–H and O–H groups in total. The molecule has 2 unspecified atom stereocenters. The average molecular weight is 306 g/mol. The third kappa shape index (κ3) is 4.43. The highest BCUT2D eigenvalue weighted by atomic mass is 32.2. The Bertz CT molecular complexity index is 422. The highest BCUT2D eigenvalue weighted by molar-refractivity contribution is 7.90. The average Bonchev–Trinajstić information content (AvgIpc) is 2.87. The van der Waals surface area contributed by atoms with E-state index < -0.39 is 27.2 Å². The Labute approximate surface area is 121 Å². The Morgan fingerprint density at radius 1 is 1.40 bits per heavy atom. The van der Waals surface area contributed by atoms with E-state index in [2.05, 4.69) is 23.5 Å². The fourth-order valence-electron chi connectivity index (χ4n) is 2.45. The molecule has 1 fully saturated rings. The largest absolute Gasteiger partial charge is 0.469 e. The molecule has 0 bridgehead atoms.